The first kappa shape index (κ1) is 25.6. The highest BCUT2D eigenvalue weighted by Gasteiger charge is 2.30. The maximum Gasteiger partial charge on any atom is 0.255 e. The molecule has 212 valence electrons. The Labute approximate surface area is 235 Å². The molecule has 1 aliphatic carbocycles. The molecule has 0 saturated heterocycles. The third-order valence-electron chi connectivity index (χ3n) is 8.00. The molecule has 1 atom stereocenters. The first-order valence-corrected chi connectivity index (χ1v) is 14.0. The van der Waals surface area contributed by atoms with Crippen LogP contribution in [0.2, 0.25) is 0 Å². The Kier molecular flexibility index (Phi) is 6.41. The van der Waals surface area contributed by atoms with Crippen LogP contribution in [-0.2, 0) is 26.6 Å². The fourth-order valence-corrected chi connectivity index (χ4v) is 5.66. The zero-order chi connectivity index (χ0) is 28.1. The average Bonchev–Trinajstić information content (AvgIpc) is 3.35. The summed E-state index contributed by atoms with van der Waals surface area (Å²) in [5, 5.41) is 1.03. The lowest BCUT2D eigenvalue weighted by Crippen LogP contribution is -2.45. The van der Waals surface area contributed by atoms with Crippen LogP contribution in [-0.4, -0.2) is 76.9 Å². The number of aromatic nitrogens is 7. The average molecular weight is 558 g/mol. The third-order valence-corrected chi connectivity index (χ3v) is 8.00. The van der Waals surface area contributed by atoms with Gasteiger partial charge in [-0.05, 0) is 37.0 Å². The molecule has 1 saturated carbocycles. The van der Waals surface area contributed by atoms with Crippen LogP contribution in [0.4, 0.5) is 4.39 Å². The van der Waals surface area contributed by atoms with E-state index in [4.69, 9.17) is 20.4 Å². The molecule has 0 aromatic carbocycles. The van der Waals surface area contributed by atoms with Gasteiger partial charge in [0.1, 0.15) is 24.3 Å². The van der Waals surface area contributed by atoms with Crippen LogP contribution in [0.3, 0.4) is 0 Å². The summed E-state index contributed by atoms with van der Waals surface area (Å²) in [6, 6.07) is 5.26. The van der Waals surface area contributed by atoms with Gasteiger partial charge >= 0.3 is 0 Å². The van der Waals surface area contributed by atoms with Crippen LogP contribution in [0.15, 0.2) is 43.1 Å². The number of imidazole rings is 2. The van der Waals surface area contributed by atoms with Gasteiger partial charge in [-0.15, -0.1) is 0 Å². The molecule has 0 spiro atoms. The summed E-state index contributed by atoms with van der Waals surface area (Å²) in [6.45, 7) is 1.97. The number of carbonyl (C=O) groups excluding carboxylic acids is 1. The number of fused-ring (bicyclic) bond motifs is 3. The van der Waals surface area contributed by atoms with Crippen LogP contribution in [0.1, 0.15) is 28.9 Å². The number of pyridine rings is 2. The second kappa shape index (κ2) is 10.3. The van der Waals surface area contributed by atoms with Crippen molar-refractivity contribution >= 4 is 28.0 Å². The molecule has 0 bridgehead atoms. The Hall–Kier alpha value is -4.32. The lowest BCUT2D eigenvalue weighted by atomic mass is 10.0. The number of ether oxygens (including phenoxy) is 1. The number of alkyl halides is 1. The molecule has 1 amide bonds. The van der Waals surface area contributed by atoms with Crippen molar-refractivity contribution in [3.8, 4) is 17.4 Å². The largest absolute Gasteiger partial charge is 0.474 e. The predicted octanol–water partition coefficient (Wildman–Crippen LogP) is 2.97. The monoisotopic (exact) mass is 557 g/mol. The minimum absolute atomic E-state index is 0.178. The third kappa shape index (κ3) is 4.71. The van der Waals surface area contributed by atoms with E-state index in [1.165, 1.54) is 12.8 Å². The lowest BCUT2D eigenvalue weighted by Gasteiger charge is -2.29. The molecule has 2 aliphatic rings. The Morgan fingerprint density at radius 1 is 1.22 bits per heavy atom. The highest BCUT2D eigenvalue weighted by atomic mass is 19.1. The van der Waals surface area contributed by atoms with Crippen LogP contribution >= 0.6 is 0 Å². The molecule has 5 aromatic heterocycles. The SMILES string of the molecule is Cn1c(-c2cc3ccnc(OCCn4ccnc4)c3n2CC2CC2)nc2cc3c(nc21)CCN(C[C@H](N)CF)C3=O. The highest BCUT2D eigenvalue weighted by molar-refractivity contribution is 5.99. The fourth-order valence-electron chi connectivity index (χ4n) is 5.66. The second-order valence-corrected chi connectivity index (χ2v) is 11.0. The number of nitrogens with two attached hydrogens (primary N) is 1. The lowest BCUT2D eigenvalue weighted by molar-refractivity contribution is 0.0723. The molecule has 1 aliphatic heterocycles. The van der Waals surface area contributed by atoms with Crippen molar-refractivity contribution in [2.45, 2.75) is 38.4 Å². The first-order valence-electron chi connectivity index (χ1n) is 14.0. The molecule has 1 fully saturated rings. The Morgan fingerprint density at radius 3 is 2.88 bits per heavy atom. The minimum atomic E-state index is -0.693. The summed E-state index contributed by atoms with van der Waals surface area (Å²) >= 11 is 0. The summed E-state index contributed by atoms with van der Waals surface area (Å²) in [5.74, 6) is 1.78. The van der Waals surface area contributed by atoms with Crippen LogP contribution in [0.5, 0.6) is 5.88 Å². The summed E-state index contributed by atoms with van der Waals surface area (Å²) in [7, 11) is 1.96. The van der Waals surface area contributed by atoms with Gasteiger partial charge in [-0.2, -0.15) is 0 Å². The Morgan fingerprint density at radius 2 is 2.10 bits per heavy atom. The van der Waals surface area contributed by atoms with Gasteiger partial charge in [0.25, 0.3) is 5.91 Å². The van der Waals surface area contributed by atoms with E-state index in [2.05, 4.69) is 20.6 Å². The van der Waals surface area contributed by atoms with Gasteiger partial charge in [0.15, 0.2) is 11.5 Å². The number of hydrogen-bond acceptors (Lipinski definition) is 7. The molecule has 6 heterocycles. The zero-order valence-electron chi connectivity index (χ0n) is 22.9. The smallest absolute Gasteiger partial charge is 0.255 e. The molecule has 11 nitrogen and oxygen atoms in total. The summed E-state index contributed by atoms with van der Waals surface area (Å²) in [4.78, 5) is 33.4. The van der Waals surface area contributed by atoms with Gasteiger partial charge in [0.05, 0.1) is 35.9 Å². The van der Waals surface area contributed by atoms with Gasteiger partial charge < -0.3 is 29.1 Å². The van der Waals surface area contributed by atoms with Crippen molar-refractivity contribution in [3.05, 3.63) is 54.4 Å². The number of halogens is 1. The van der Waals surface area contributed by atoms with E-state index in [1.54, 1.807) is 23.6 Å². The molecule has 0 radical (unpaired) electrons. The van der Waals surface area contributed by atoms with Crippen molar-refractivity contribution in [1.82, 2.24) is 38.5 Å². The number of carbonyl (C=O) groups is 1. The van der Waals surface area contributed by atoms with E-state index >= 15 is 0 Å². The number of hydrogen-bond donors (Lipinski definition) is 1. The summed E-state index contributed by atoms with van der Waals surface area (Å²) in [5.41, 5.74) is 10.3. The summed E-state index contributed by atoms with van der Waals surface area (Å²) < 4.78 is 25.5. The van der Waals surface area contributed by atoms with Gasteiger partial charge in [0.2, 0.25) is 5.88 Å². The van der Waals surface area contributed by atoms with E-state index in [0.29, 0.717) is 49.0 Å². The van der Waals surface area contributed by atoms with Crippen molar-refractivity contribution < 1.29 is 13.9 Å². The van der Waals surface area contributed by atoms with Crippen LogP contribution in [0, 0.1) is 5.92 Å². The normalized spacial score (nSPS) is 16.1. The first-order chi connectivity index (χ1) is 20.0. The van der Waals surface area contributed by atoms with E-state index in [0.717, 1.165) is 40.3 Å². The van der Waals surface area contributed by atoms with Gasteiger partial charge in [0, 0.05) is 57.1 Å². The fraction of sp³-hybridized carbons (Fsp3) is 0.414. The molecule has 0 unspecified atom stereocenters. The Bertz CT molecular complexity index is 1740. The second-order valence-electron chi connectivity index (χ2n) is 11.0. The Balaban J connectivity index is 1.27. The standard InChI is InChI=1S/C29H32FN9O2/c1-36-26-23(13-21-22(34-26)5-8-38(29(21)40)16-20(31)14-30)35-27(36)24-12-19-4-6-33-28(25(19)39(24)15-18-2-3-18)41-11-10-37-9-7-32-17-37/h4,6-7,9,12-13,17-18,20H,2-3,5,8,10-11,14-16,31H2,1H3/t20-/m1/s1. The molecular formula is C29H32FN9O2. The maximum absolute atomic E-state index is 13.2. The van der Waals surface area contributed by atoms with Gasteiger partial charge in [-0.1, -0.05) is 0 Å². The number of aryl methyl sites for hydroxylation is 1. The molecule has 5 aromatic rings. The van der Waals surface area contributed by atoms with Crippen LogP contribution < -0.4 is 10.5 Å². The van der Waals surface area contributed by atoms with Gasteiger partial charge in [-0.25, -0.2) is 24.3 Å². The minimum Gasteiger partial charge on any atom is -0.474 e. The van der Waals surface area contributed by atoms with Crippen molar-refractivity contribution in [2.75, 3.05) is 26.4 Å². The van der Waals surface area contributed by atoms with Crippen molar-refractivity contribution in [2.24, 2.45) is 18.7 Å². The quantitative estimate of drug-likeness (QED) is 0.280. The predicted molar refractivity (Wildman–Crippen MR) is 151 cm³/mol. The molecule has 41 heavy (non-hydrogen) atoms. The van der Waals surface area contributed by atoms with Crippen LogP contribution in [0.25, 0.3) is 33.6 Å². The van der Waals surface area contributed by atoms with E-state index < -0.39 is 12.7 Å². The van der Waals surface area contributed by atoms with E-state index in [-0.39, 0.29) is 12.5 Å². The molecular weight excluding hydrogens is 525 g/mol. The molecule has 7 rings (SSSR count). The number of amides is 1. The topological polar surface area (TPSA) is 122 Å². The van der Waals surface area contributed by atoms with E-state index in [1.807, 2.05) is 34.5 Å². The molecule has 12 heteroatoms. The summed E-state index contributed by atoms with van der Waals surface area (Å²) in [6.07, 6.45) is 10.2. The van der Waals surface area contributed by atoms with Crippen molar-refractivity contribution in [1.29, 1.82) is 0 Å². The number of nitrogens with zero attached hydrogens (tertiary/aromatic N) is 8. The maximum atomic E-state index is 13.2. The van der Waals surface area contributed by atoms with E-state index in [9.17, 15) is 9.18 Å². The zero-order valence-corrected chi connectivity index (χ0v) is 22.9. The van der Waals surface area contributed by atoms with Gasteiger partial charge in [-0.3, -0.25) is 4.79 Å². The highest BCUT2D eigenvalue weighted by Crippen LogP contribution is 2.38. The van der Waals surface area contributed by atoms with Crippen molar-refractivity contribution in [3.63, 3.8) is 0 Å². The number of rotatable bonds is 10. The molecule has 2 N–H and O–H groups in total.